The highest BCUT2D eigenvalue weighted by atomic mass is 32.1. The van der Waals surface area contributed by atoms with E-state index in [1.165, 1.54) is 23.6 Å². The molecule has 2 aromatic heterocycles. The lowest BCUT2D eigenvalue weighted by Gasteiger charge is -2.02. The maximum Gasteiger partial charge on any atom is 0.279 e. The molecule has 0 aliphatic heterocycles. The summed E-state index contributed by atoms with van der Waals surface area (Å²) in [5.74, 6) is -0.645. The first-order valence-corrected chi connectivity index (χ1v) is 8.44. The first kappa shape index (κ1) is 15.3. The number of carbonyl (C=O) groups is 1. The van der Waals surface area contributed by atoms with Gasteiger partial charge in [0.1, 0.15) is 5.75 Å². The van der Waals surface area contributed by atoms with Crippen molar-refractivity contribution in [1.82, 2.24) is 9.97 Å². The maximum absolute atomic E-state index is 12.2. The number of rotatable bonds is 3. The summed E-state index contributed by atoms with van der Waals surface area (Å²) in [7, 11) is 0. The van der Waals surface area contributed by atoms with E-state index in [9.17, 15) is 9.90 Å². The van der Waals surface area contributed by atoms with E-state index < -0.39 is 5.91 Å². The molecule has 0 unspecified atom stereocenters. The summed E-state index contributed by atoms with van der Waals surface area (Å²) < 4.78 is 0.974. The van der Waals surface area contributed by atoms with Crippen LogP contribution in [0.5, 0.6) is 5.75 Å². The average molecular weight is 347 g/mol. The van der Waals surface area contributed by atoms with Gasteiger partial charge in [-0.3, -0.25) is 10.1 Å². The van der Waals surface area contributed by atoms with Crippen molar-refractivity contribution in [1.29, 1.82) is 0 Å². The van der Waals surface area contributed by atoms with E-state index in [2.05, 4.69) is 33.5 Å². The number of pyridine rings is 1. The van der Waals surface area contributed by atoms with Crippen molar-refractivity contribution in [2.45, 2.75) is 0 Å². The van der Waals surface area contributed by atoms with E-state index >= 15 is 0 Å². The summed E-state index contributed by atoms with van der Waals surface area (Å²) in [5, 5.41) is 12.9. The highest BCUT2D eigenvalue weighted by Crippen LogP contribution is 2.30. The van der Waals surface area contributed by atoms with Crippen LogP contribution in [0, 0.1) is 0 Å². The number of hydrogen-bond donors (Lipinski definition) is 2. The number of aromatic nitrogens is 2. The fourth-order valence-electron chi connectivity index (χ4n) is 2.52. The monoisotopic (exact) mass is 347 g/mol. The van der Waals surface area contributed by atoms with Crippen LogP contribution >= 0.6 is 11.3 Å². The third-order valence-corrected chi connectivity index (χ3v) is 4.65. The van der Waals surface area contributed by atoms with Crippen LogP contribution in [0.1, 0.15) is 10.5 Å². The van der Waals surface area contributed by atoms with Crippen LogP contribution in [-0.4, -0.2) is 21.0 Å². The normalized spacial score (nSPS) is 10.7. The van der Waals surface area contributed by atoms with Gasteiger partial charge in [-0.15, -0.1) is 0 Å². The predicted octanol–water partition coefficient (Wildman–Crippen LogP) is 4.32. The predicted molar refractivity (Wildman–Crippen MR) is 98.9 cm³/mol. The first-order valence-electron chi connectivity index (χ1n) is 7.62. The summed E-state index contributed by atoms with van der Waals surface area (Å²) in [6.45, 7) is 0. The molecule has 0 aliphatic rings. The van der Waals surface area contributed by atoms with Crippen molar-refractivity contribution in [3.05, 3.63) is 72.6 Å². The van der Waals surface area contributed by atoms with Gasteiger partial charge in [-0.1, -0.05) is 47.7 Å². The number of thiazole rings is 1. The van der Waals surface area contributed by atoms with E-state index in [1.807, 2.05) is 30.3 Å². The Morgan fingerprint density at radius 2 is 1.84 bits per heavy atom. The zero-order valence-corrected chi connectivity index (χ0v) is 13.8. The van der Waals surface area contributed by atoms with Gasteiger partial charge in [-0.2, -0.15) is 0 Å². The smallest absolute Gasteiger partial charge is 0.279 e. The van der Waals surface area contributed by atoms with Crippen LogP contribution < -0.4 is 5.32 Å². The molecule has 2 aromatic carbocycles. The number of aromatic hydroxyl groups is 1. The van der Waals surface area contributed by atoms with Gasteiger partial charge in [0.15, 0.2) is 10.8 Å². The minimum atomic E-state index is -0.486. The maximum atomic E-state index is 12.2. The molecule has 0 saturated carbocycles. The number of nitrogens with one attached hydrogen (secondary N) is 1. The minimum absolute atomic E-state index is 0.0215. The molecule has 0 bridgehead atoms. The largest absolute Gasteiger partial charge is 0.505 e. The van der Waals surface area contributed by atoms with E-state index in [-0.39, 0.29) is 11.4 Å². The molecule has 0 radical (unpaired) electrons. The third kappa shape index (κ3) is 3.07. The van der Waals surface area contributed by atoms with E-state index in [4.69, 9.17) is 0 Å². The number of carbonyl (C=O) groups excluding carboxylic acids is 1. The zero-order chi connectivity index (χ0) is 17.2. The summed E-state index contributed by atoms with van der Waals surface area (Å²) in [5.41, 5.74) is 3.01. The lowest BCUT2D eigenvalue weighted by Crippen LogP contribution is -2.13. The van der Waals surface area contributed by atoms with Gasteiger partial charge in [-0.05, 0) is 35.4 Å². The lowest BCUT2D eigenvalue weighted by atomic mass is 10.1. The van der Waals surface area contributed by atoms with Gasteiger partial charge < -0.3 is 5.11 Å². The Balaban J connectivity index is 1.63. The van der Waals surface area contributed by atoms with E-state index in [0.29, 0.717) is 5.13 Å². The zero-order valence-electron chi connectivity index (χ0n) is 13.0. The minimum Gasteiger partial charge on any atom is -0.505 e. The summed E-state index contributed by atoms with van der Waals surface area (Å²) in [4.78, 5) is 20.5. The van der Waals surface area contributed by atoms with Crippen LogP contribution in [0.4, 0.5) is 5.13 Å². The van der Waals surface area contributed by atoms with Gasteiger partial charge in [0.05, 0.1) is 10.2 Å². The Morgan fingerprint density at radius 1 is 1.00 bits per heavy atom. The van der Waals surface area contributed by atoms with Crippen molar-refractivity contribution in [3.63, 3.8) is 0 Å². The molecule has 0 aliphatic carbocycles. The molecule has 25 heavy (non-hydrogen) atoms. The number of anilines is 1. The third-order valence-electron chi connectivity index (χ3n) is 3.72. The number of fused-ring (bicyclic) bond motifs is 1. The molecule has 0 fully saturated rings. The summed E-state index contributed by atoms with van der Waals surface area (Å²) in [6, 6.07) is 19.1. The fourth-order valence-corrected chi connectivity index (χ4v) is 3.42. The Bertz CT molecular complexity index is 1060. The number of amides is 1. The second kappa shape index (κ2) is 6.33. The van der Waals surface area contributed by atoms with Gasteiger partial charge >= 0.3 is 0 Å². The molecule has 0 saturated heterocycles. The fraction of sp³-hybridized carbons (Fsp3) is 0. The van der Waals surface area contributed by atoms with Gasteiger partial charge in [0.25, 0.3) is 5.91 Å². The second-order valence-corrected chi connectivity index (χ2v) is 6.42. The molecule has 4 rings (SSSR count). The van der Waals surface area contributed by atoms with Crippen molar-refractivity contribution >= 4 is 32.6 Å². The van der Waals surface area contributed by atoms with Gasteiger partial charge in [0, 0.05) is 6.20 Å². The Morgan fingerprint density at radius 3 is 2.64 bits per heavy atom. The Kier molecular flexibility index (Phi) is 3.87. The van der Waals surface area contributed by atoms with E-state index in [0.717, 1.165) is 21.3 Å². The molecule has 4 aromatic rings. The molecule has 0 spiro atoms. The van der Waals surface area contributed by atoms with Crippen molar-refractivity contribution in [2.24, 2.45) is 0 Å². The number of benzene rings is 2. The highest BCUT2D eigenvalue weighted by molar-refractivity contribution is 7.22. The van der Waals surface area contributed by atoms with Crippen molar-refractivity contribution < 1.29 is 9.90 Å². The summed E-state index contributed by atoms with van der Waals surface area (Å²) in [6.07, 6.45) is 1.46. The van der Waals surface area contributed by atoms with Crippen LogP contribution in [-0.2, 0) is 0 Å². The van der Waals surface area contributed by atoms with Gasteiger partial charge in [0.2, 0.25) is 0 Å². The summed E-state index contributed by atoms with van der Waals surface area (Å²) >= 11 is 1.38. The molecular formula is C19H13N3O2S. The van der Waals surface area contributed by atoms with Crippen molar-refractivity contribution in [2.75, 3.05) is 5.32 Å². The van der Waals surface area contributed by atoms with Crippen LogP contribution in [0.15, 0.2) is 66.9 Å². The van der Waals surface area contributed by atoms with Crippen molar-refractivity contribution in [3.8, 4) is 16.9 Å². The second-order valence-electron chi connectivity index (χ2n) is 5.39. The van der Waals surface area contributed by atoms with Crippen LogP contribution in [0.25, 0.3) is 21.3 Å². The Labute approximate surface area is 147 Å². The molecule has 0 atom stereocenters. The van der Waals surface area contributed by atoms with Crippen LogP contribution in [0.2, 0.25) is 0 Å². The molecule has 2 N–H and O–H groups in total. The molecular weight excluding hydrogens is 334 g/mol. The first-order chi connectivity index (χ1) is 12.2. The molecule has 6 heteroatoms. The SMILES string of the molecule is O=C(Nc1nc2ccc(-c3ccccc3)cc2s1)c1ncccc1O. The lowest BCUT2D eigenvalue weighted by molar-refractivity contribution is 0.101. The number of nitrogens with zero attached hydrogens (tertiary/aromatic N) is 2. The molecule has 5 nitrogen and oxygen atoms in total. The standard InChI is InChI=1S/C19H13N3O2S/c23-15-7-4-10-20-17(15)18(24)22-19-21-14-9-8-13(11-16(14)25-19)12-5-2-1-3-6-12/h1-11,23H,(H,21,22,24). The molecule has 122 valence electrons. The van der Waals surface area contributed by atoms with Gasteiger partial charge in [-0.25, -0.2) is 9.97 Å². The van der Waals surface area contributed by atoms with E-state index in [1.54, 1.807) is 6.07 Å². The quantitative estimate of drug-likeness (QED) is 0.579. The molecule has 2 heterocycles. The topological polar surface area (TPSA) is 75.1 Å². The molecule has 1 amide bonds. The average Bonchev–Trinajstić information content (AvgIpc) is 3.04. The number of hydrogen-bond acceptors (Lipinski definition) is 5. The Hall–Kier alpha value is -3.25. The van der Waals surface area contributed by atoms with Crippen LogP contribution in [0.3, 0.4) is 0 Å². The highest BCUT2D eigenvalue weighted by Gasteiger charge is 2.14.